The first kappa shape index (κ1) is 14.5. The van der Waals surface area contributed by atoms with Crippen molar-refractivity contribution in [1.29, 1.82) is 5.26 Å². The van der Waals surface area contributed by atoms with Crippen LogP contribution in [0.1, 0.15) is 24.5 Å². The molecule has 2 N–H and O–H groups in total. The average Bonchev–Trinajstić information content (AvgIpc) is 2.34. The van der Waals surface area contributed by atoms with E-state index in [1.807, 2.05) is 19.1 Å². The van der Waals surface area contributed by atoms with Crippen molar-refractivity contribution >= 4 is 5.69 Å². The molecule has 18 heavy (non-hydrogen) atoms. The van der Waals surface area contributed by atoms with Crippen LogP contribution in [0.2, 0.25) is 0 Å². The Morgan fingerprint density at radius 2 is 2.22 bits per heavy atom. The first-order valence-electron chi connectivity index (χ1n) is 5.95. The number of anilines is 1. The van der Waals surface area contributed by atoms with Gasteiger partial charge in [0.2, 0.25) is 0 Å². The molecule has 1 aromatic rings. The second-order valence-electron chi connectivity index (χ2n) is 4.70. The van der Waals surface area contributed by atoms with Crippen LogP contribution in [0.25, 0.3) is 0 Å². The molecule has 98 valence electrons. The van der Waals surface area contributed by atoms with E-state index in [-0.39, 0.29) is 0 Å². The van der Waals surface area contributed by atoms with Gasteiger partial charge in [0, 0.05) is 26.7 Å². The number of hydrogen-bond donors (Lipinski definition) is 2. The van der Waals surface area contributed by atoms with Crippen LogP contribution in [-0.2, 0) is 4.74 Å². The maximum absolute atomic E-state index is 10.1. The first-order valence-corrected chi connectivity index (χ1v) is 5.95. The topological polar surface area (TPSA) is 65.3 Å². The molecule has 0 aliphatic rings. The Kier molecular flexibility index (Phi) is 5.14. The van der Waals surface area contributed by atoms with Crippen molar-refractivity contribution in [2.24, 2.45) is 0 Å². The third-order valence-corrected chi connectivity index (χ3v) is 2.88. The van der Waals surface area contributed by atoms with Crippen molar-refractivity contribution in [2.75, 3.05) is 25.6 Å². The monoisotopic (exact) mass is 248 g/mol. The van der Waals surface area contributed by atoms with Gasteiger partial charge in [-0.15, -0.1) is 0 Å². The molecule has 0 aliphatic carbocycles. The highest BCUT2D eigenvalue weighted by atomic mass is 16.5. The van der Waals surface area contributed by atoms with Crippen LogP contribution in [0.5, 0.6) is 0 Å². The number of nitrogens with one attached hydrogen (secondary N) is 1. The molecule has 1 unspecified atom stereocenters. The fourth-order valence-electron chi connectivity index (χ4n) is 1.68. The molecule has 0 aliphatic heterocycles. The normalized spacial score (nSPS) is 13.7. The zero-order valence-corrected chi connectivity index (χ0v) is 11.2. The van der Waals surface area contributed by atoms with E-state index in [1.165, 1.54) is 0 Å². The molecule has 0 fully saturated rings. The van der Waals surface area contributed by atoms with Gasteiger partial charge in [-0.3, -0.25) is 0 Å². The zero-order chi connectivity index (χ0) is 13.6. The molecule has 0 amide bonds. The second kappa shape index (κ2) is 6.39. The minimum atomic E-state index is -0.856. The largest absolute Gasteiger partial charge is 0.388 e. The highest BCUT2D eigenvalue weighted by Gasteiger charge is 2.20. The van der Waals surface area contributed by atoms with E-state index < -0.39 is 5.60 Å². The van der Waals surface area contributed by atoms with Gasteiger partial charge in [-0.05, 0) is 25.5 Å². The van der Waals surface area contributed by atoms with Gasteiger partial charge in [-0.2, -0.15) is 5.26 Å². The Labute approximate surface area is 108 Å². The summed E-state index contributed by atoms with van der Waals surface area (Å²) >= 11 is 0. The molecule has 0 saturated carbocycles. The van der Waals surface area contributed by atoms with Crippen LogP contribution < -0.4 is 5.32 Å². The Balaban J connectivity index is 2.72. The van der Waals surface area contributed by atoms with Crippen molar-refractivity contribution in [2.45, 2.75) is 25.9 Å². The van der Waals surface area contributed by atoms with E-state index in [1.54, 1.807) is 20.1 Å². The summed E-state index contributed by atoms with van der Waals surface area (Å²) in [5.41, 5.74) is 1.53. The van der Waals surface area contributed by atoms with Crippen molar-refractivity contribution in [3.63, 3.8) is 0 Å². The fourth-order valence-corrected chi connectivity index (χ4v) is 1.68. The Bertz CT molecular complexity index is 436. The first-order chi connectivity index (χ1) is 8.50. The molecule has 0 aromatic heterocycles. The second-order valence-corrected chi connectivity index (χ2v) is 4.70. The summed E-state index contributed by atoms with van der Waals surface area (Å²) < 4.78 is 4.96. The van der Waals surface area contributed by atoms with E-state index in [0.717, 1.165) is 11.3 Å². The maximum atomic E-state index is 10.1. The minimum absolute atomic E-state index is 0.385. The van der Waals surface area contributed by atoms with Crippen LogP contribution in [0.3, 0.4) is 0 Å². The van der Waals surface area contributed by atoms with Crippen LogP contribution in [0.4, 0.5) is 5.69 Å². The molecular formula is C14H20N2O2. The van der Waals surface area contributed by atoms with Crippen LogP contribution >= 0.6 is 0 Å². The van der Waals surface area contributed by atoms with Gasteiger partial charge in [0.05, 0.1) is 16.9 Å². The standard InChI is InChI=1S/C14H20N2O2/c1-11-5-4-6-12(9-15)13(11)16-10-14(2,17)7-8-18-3/h4-6,16-17H,7-8,10H2,1-3H3. The summed E-state index contributed by atoms with van der Waals surface area (Å²) in [5.74, 6) is 0. The lowest BCUT2D eigenvalue weighted by molar-refractivity contribution is 0.0357. The lowest BCUT2D eigenvalue weighted by atomic mass is 10.0. The summed E-state index contributed by atoms with van der Waals surface area (Å²) in [7, 11) is 1.61. The predicted molar refractivity (Wildman–Crippen MR) is 71.5 cm³/mol. The molecule has 4 heteroatoms. The highest BCUT2D eigenvalue weighted by molar-refractivity contribution is 5.62. The summed E-state index contributed by atoms with van der Waals surface area (Å²) in [4.78, 5) is 0. The lowest BCUT2D eigenvalue weighted by Crippen LogP contribution is -2.35. The molecule has 0 spiro atoms. The Morgan fingerprint density at radius 1 is 1.50 bits per heavy atom. The summed E-state index contributed by atoms with van der Waals surface area (Å²) in [6.45, 7) is 4.58. The third-order valence-electron chi connectivity index (χ3n) is 2.88. The smallest absolute Gasteiger partial charge is 0.101 e. The number of ether oxygens (including phenoxy) is 1. The van der Waals surface area contributed by atoms with E-state index in [4.69, 9.17) is 10.00 Å². The molecule has 1 atom stereocenters. The van der Waals surface area contributed by atoms with Crippen LogP contribution in [-0.4, -0.2) is 31.0 Å². The quantitative estimate of drug-likeness (QED) is 0.808. The number of nitrogens with zero attached hydrogens (tertiary/aromatic N) is 1. The minimum Gasteiger partial charge on any atom is -0.388 e. The Hall–Kier alpha value is -1.57. The summed E-state index contributed by atoms with van der Waals surface area (Å²) in [5, 5.41) is 22.3. The zero-order valence-electron chi connectivity index (χ0n) is 11.2. The molecule has 0 radical (unpaired) electrons. The maximum Gasteiger partial charge on any atom is 0.101 e. The number of nitriles is 1. The fraction of sp³-hybridized carbons (Fsp3) is 0.500. The van der Waals surface area contributed by atoms with Gasteiger partial charge in [0.15, 0.2) is 0 Å². The summed E-state index contributed by atoms with van der Waals surface area (Å²) in [6, 6.07) is 7.70. The van der Waals surface area contributed by atoms with Gasteiger partial charge in [-0.25, -0.2) is 0 Å². The molecule has 0 heterocycles. The number of methoxy groups -OCH3 is 1. The van der Waals surface area contributed by atoms with Crippen molar-refractivity contribution < 1.29 is 9.84 Å². The van der Waals surface area contributed by atoms with Crippen LogP contribution in [0, 0.1) is 18.3 Å². The van der Waals surface area contributed by atoms with Gasteiger partial charge in [0.25, 0.3) is 0 Å². The number of benzene rings is 1. The number of aliphatic hydroxyl groups is 1. The SMILES string of the molecule is COCCC(C)(O)CNc1c(C)cccc1C#N. The number of para-hydroxylation sites is 1. The molecule has 4 nitrogen and oxygen atoms in total. The molecule has 0 saturated heterocycles. The number of aryl methyl sites for hydroxylation is 1. The van der Waals surface area contributed by atoms with E-state index in [0.29, 0.717) is 25.1 Å². The summed E-state index contributed by atoms with van der Waals surface area (Å²) in [6.07, 6.45) is 0.546. The van der Waals surface area contributed by atoms with E-state index in [2.05, 4.69) is 11.4 Å². The number of hydrogen-bond acceptors (Lipinski definition) is 4. The highest BCUT2D eigenvalue weighted by Crippen LogP contribution is 2.21. The predicted octanol–water partition coefficient (Wildman–Crippen LogP) is 2.07. The average molecular weight is 248 g/mol. The van der Waals surface area contributed by atoms with Gasteiger partial charge < -0.3 is 15.2 Å². The molecular weight excluding hydrogens is 228 g/mol. The van der Waals surface area contributed by atoms with Crippen molar-refractivity contribution in [1.82, 2.24) is 0 Å². The van der Waals surface area contributed by atoms with E-state index >= 15 is 0 Å². The molecule has 1 rings (SSSR count). The molecule has 1 aromatic carbocycles. The van der Waals surface area contributed by atoms with Gasteiger partial charge >= 0.3 is 0 Å². The van der Waals surface area contributed by atoms with E-state index in [9.17, 15) is 5.11 Å². The Morgan fingerprint density at radius 3 is 2.83 bits per heavy atom. The number of rotatable bonds is 6. The van der Waals surface area contributed by atoms with Gasteiger partial charge in [0.1, 0.15) is 6.07 Å². The lowest BCUT2D eigenvalue weighted by Gasteiger charge is -2.24. The van der Waals surface area contributed by atoms with Crippen molar-refractivity contribution in [3.8, 4) is 6.07 Å². The van der Waals surface area contributed by atoms with Gasteiger partial charge in [-0.1, -0.05) is 12.1 Å². The van der Waals surface area contributed by atoms with Crippen LogP contribution in [0.15, 0.2) is 18.2 Å². The van der Waals surface area contributed by atoms with Crippen molar-refractivity contribution in [3.05, 3.63) is 29.3 Å². The third kappa shape index (κ3) is 4.02. The molecule has 0 bridgehead atoms.